The zero-order valence-electron chi connectivity index (χ0n) is 10.9. The minimum atomic E-state index is -0.396. The summed E-state index contributed by atoms with van der Waals surface area (Å²) in [6.07, 6.45) is 1.68. The lowest BCUT2D eigenvalue weighted by Crippen LogP contribution is -2.02. The average Bonchev–Trinajstić information content (AvgIpc) is 2.45. The highest BCUT2D eigenvalue weighted by atomic mass is 19.1. The summed E-state index contributed by atoms with van der Waals surface area (Å²) in [5.74, 6) is -0.590. The number of carbonyl (C=O) groups is 1. The Morgan fingerprint density at radius 1 is 1.05 bits per heavy atom. The molecule has 0 saturated heterocycles. The molecule has 3 heteroatoms. The van der Waals surface area contributed by atoms with Crippen molar-refractivity contribution in [1.82, 2.24) is 4.98 Å². The lowest BCUT2D eigenvalue weighted by molar-refractivity contribution is 0.103. The lowest BCUT2D eigenvalue weighted by atomic mass is 10.0. The van der Waals surface area contributed by atoms with Crippen LogP contribution in [0.4, 0.5) is 4.39 Å². The van der Waals surface area contributed by atoms with E-state index in [0.29, 0.717) is 11.1 Å². The van der Waals surface area contributed by atoms with Gasteiger partial charge in [0, 0.05) is 22.7 Å². The number of pyridine rings is 1. The van der Waals surface area contributed by atoms with Crippen LogP contribution in [0, 0.1) is 12.7 Å². The normalized spacial score (nSPS) is 10.7. The molecule has 2 nitrogen and oxygen atoms in total. The van der Waals surface area contributed by atoms with E-state index in [2.05, 4.69) is 4.98 Å². The Bertz CT molecular complexity index is 791. The van der Waals surface area contributed by atoms with Gasteiger partial charge in [-0.3, -0.25) is 9.78 Å². The van der Waals surface area contributed by atoms with Crippen molar-refractivity contribution in [3.8, 4) is 0 Å². The molecule has 0 aliphatic heterocycles. The van der Waals surface area contributed by atoms with Crippen LogP contribution in [-0.4, -0.2) is 10.8 Å². The molecule has 0 bridgehead atoms. The fourth-order valence-electron chi connectivity index (χ4n) is 2.24. The number of carbonyl (C=O) groups excluding carboxylic acids is 1. The third kappa shape index (κ3) is 2.30. The van der Waals surface area contributed by atoms with Gasteiger partial charge < -0.3 is 0 Å². The molecule has 3 aromatic rings. The van der Waals surface area contributed by atoms with Crippen LogP contribution in [0.15, 0.2) is 54.7 Å². The molecule has 2 aromatic carbocycles. The molecule has 20 heavy (non-hydrogen) atoms. The van der Waals surface area contributed by atoms with Crippen molar-refractivity contribution < 1.29 is 9.18 Å². The molecule has 1 heterocycles. The van der Waals surface area contributed by atoms with Crippen LogP contribution in [0.2, 0.25) is 0 Å². The third-order valence-corrected chi connectivity index (χ3v) is 3.17. The fourth-order valence-corrected chi connectivity index (χ4v) is 2.24. The SMILES string of the molecule is Cc1cc(F)cc(C(=O)c2ccc3cccnc3c2)c1. The van der Waals surface area contributed by atoms with Crippen LogP contribution in [-0.2, 0) is 0 Å². The molecule has 0 aliphatic carbocycles. The number of hydrogen-bond donors (Lipinski definition) is 0. The van der Waals surface area contributed by atoms with Crippen LogP contribution in [0.5, 0.6) is 0 Å². The quantitative estimate of drug-likeness (QED) is 0.657. The highest BCUT2D eigenvalue weighted by Gasteiger charge is 2.11. The van der Waals surface area contributed by atoms with E-state index >= 15 is 0 Å². The van der Waals surface area contributed by atoms with Gasteiger partial charge in [-0.05, 0) is 42.8 Å². The van der Waals surface area contributed by atoms with Gasteiger partial charge in [-0.25, -0.2) is 4.39 Å². The van der Waals surface area contributed by atoms with Gasteiger partial charge in [0.1, 0.15) is 5.82 Å². The van der Waals surface area contributed by atoms with E-state index in [1.807, 2.05) is 18.2 Å². The number of aromatic nitrogens is 1. The summed E-state index contributed by atoms with van der Waals surface area (Å²) in [5, 5.41) is 0.972. The van der Waals surface area contributed by atoms with Gasteiger partial charge in [0.2, 0.25) is 0 Å². The first-order valence-corrected chi connectivity index (χ1v) is 6.30. The maximum atomic E-state index is 13.4. The van der Waals surface area contributed by atoms with Crippen LogP contribution in [0.25, 0.3) is 10.9 Å². The average molecular weight is 265 g/mol. The van der Waals surface area contributed by atoms with E-state index in [9.17, 15) is 9.18 Å². The molecule has 0 saturated carbocycles. The van der Waals surface area contributed by atoms with Gasteiger partial charge in [0.05, 0.1) is 5.52 Å². The largest absolute Gasteiger partial charge is 0.289 e. The fraction of sp³-hybridized carbons (Fsp3) is 0.0588. The highest BCUT2D eigenvalue weighted by molar-refractivity contribution is 6.10. The van der Waals surface area contributed by atoms with Crippen molar-refractivity contribution in [2.24, 2.45) is 0 Å². The van der Waals surface area contributed by atoms with Crippen LogP contribution < -0.4 is 0 Å². The predicted molar refractivity (Wildman–Crippen MR) is 76.3 cm³/mol. The number of nitrogens with zero attached hydrogens (tertiary/aromatic N) is 1. The van der Waals surface area contributed by atoms with Crippen LogP contribution in [0.3, 0.4) is 0 Å². The number of hydrogen-bond acceptors (Lipinski definition) is 2. The standard InChI is InChI=1S/C17H12FNO/c1-11-7-14(9-15(18)8-11)17(20)13-5-4-12-3-2-6-19-16(12)10-13/h2-10H,1H3. The Labute approximate surface area is 115 Å². The Hall–Kier alpha value is -2.55. The summed E-state index contributed by atoms with van der Waals surface area (Å²) < 4.78 is 13.4. The monoisotopic (exact) mass is 265 g/mol. The number of halogens is 1. The Morgan fingerprint density at radius 2 is 1.90 bits per heavy atom. The second-order valence-electron chi connectivity index (χ2n) is 4.76. The maximum absolute atomic E-state index is 13.4. The van der Waals surface area contributed by atoms with Gasteiger partial charge >= 0.3 is 0 Å². The molecular formula is C17H12FNO. The van der Waals surface area contributed by atoms with Crippen molar-refractivity contribution in [2.45, 2.75) is 6.92 Å². The van der Waals surface area contributed by atoms with E-state index in [1.54, 1.807) is 31.3 Å². The molecule has 0 unspecified atom stereocenters. The number of benzene rings is 2. The van der Waals surface area contributed by atoms with E-state index in [4.69, 9.17) is 0 Å². The van der Waals surface area contributed by atoms with Gasteiger partial charge in [0.15, 0.2) is 5.78 Å². The minimum Gasteiger partial charge on any atom is -0.289 e. The second kappa shape index (κ2) is 4.85. The predicted octanol–water partition coefficient (Wildman–Crippen LogP) is 3.91. The Kier molecular flexibility index (Phi) is 3.03. The van der Waals surface area contributed by atoms with E-state index in [0.717, 1.165) is 16.5 Å². The molecular weight excluding hydrogens is 253 g/mol. The van der Waals surface area contributed by atoms with E-state index in [1.165, 1.54) is 12.1 Å². The van der Waals surface area contributed by atoms with E-state index < -0.39 is 5.82 Å². The number of rotatable bonds is 2. The molecule has 0 radical (unpaired) electrons. The molecule has 3 rings (SSSR count). The first-order chi connectivity index (χ1) is 9.63. The topological polar surface area (TPSA) is 30.0 Å². The Morgan fingerprint density at radius 3 is 2.70 bits per heavy atom. The van der Waals surface area contributed by atoms with Gasteiger partial charge in [-0.15, -0.1) is 0 Å². The molecule has 0 aliphatic rings. The summed E-state index contributed by atoms with van der Waals surface area (Å²) >= 11 is 0. The highest BCUT2D eigenvalue weighted by Crippen LogP contribution is 2.18. The van der Waals surface area contributed by atoms with E-state index in [-0.39, 0.29) is 5.78 Å². The maximum Gasteiger partial charge on any atom is 0.193 e. The molecule has 0 N–H and O–H groups in total. The van der Waals surface area contributed by atoms with Gasteiger partial charge in [-0.1, -0.05) is 18.2 Å². The zero-order valence-corrected chi connectivity index (χ0v) is 10.9. The number of ketones is 1. The van der Waals surface area contributed by atoms with Crippen molar-refractivity contribution >= 4 is 16.7 Å². The number of aryl methyl sites for hydroxylation is 1. The molecule has 98 valence electrons. The minimum absolute atomic E-state index is 0.194. The van der Waals surface area contributed by atoms with Crippen molar-refractivity contribution in [1.29, 1.82) is 0 Å². The zero-order chi connectivity index (χ0) is 14.1. The summed E-state index contributed by atoms with van der Waals surface area (Å²) in [5.41, 5.74) is 2.36. The summed E-state index contributed by atoms with van der Waals surface area (Å²) in [4.78, 5) is 16.6. The van der Waals surface area contributed by atoms with Gasteiger partial charge in [-0.2, -0.15) is 0 Å². The molecule has 0 atom stereocenters. The third-order valence-electron chi connectivity index (χ3n) is 3.17. The van der Waals surface area contributed by atoms with Crippen LogP contribution in [0.1, 0.15) is 21.5 Å². The van der Waals surface area contributed by atoms with Crippen LogP contribution >= 0.6 is 0 Å². The lowest BCUT2D eigenvalue weighted by Gasteiger charge is -2.04. The molecule has 1 aromatic heterocycles. The second-order valence-corrected chi connectivity index (χ2v) is 4.76. The van der Waals surface area contributed by atoms with Gasteiger partial charge in [0.25, 0.3) is 0 Å². The smallest absolute Gasteiger partial charge is 0.193 e. The summed E-state index contributed by atoms with van der Waals surface area (Å²) in [6.45, 7) is 1.77. The Balaban J connectivity index is 2.07. The first-order valence-electron chi connectivity index (χ1n) is 6.30. The summed E-state index contributed by atoms with van der Waals surface area (Å²) in [6, 6.07) is 13.5. The molecule has 0 fully saturated rings. The van der Waals surface area contributed by atoms with Crippen molar-refractivity contribution in [3.05, 3.63) is 77.2 Å². The number of fused-ring (bicyclic) bond motifs is 1. The molecule has 0 amide bonds. The summed E-state index contributed by atoms with van der Waals surface area (Å²) in [7, 11) is 0. The van der Waals surface area contributed by atoms with Crippen molar-refractivity contribution in [3.63, 3.8) is 0 Å². The molecule has 0 spiro atoms. The van der Waals surface area contributed by atoms with Crippen molar-refractivity contribution in [2.75, 3.05) is 0 Å². The first kappa shape index (κ1) is 12.5.